The smallest absolute Gasteiger partial charge is 0.399 e. The quantitative estimate of drug-likeness (QED) is 0.773. The van der Waals surface area contributed by atoms with Gasteiger partial charge in [-0.25, -0.2) is 8.78 Å². The highest BCUT2D eigenvalue weighted by Crippen LogP contribution is 2.36. The molecule has 0 radical (unpaired) electrons. The second kappa shape index (κ2) is 6.73. The molecule has 1 fully saturated rings. The molecule has 1 heterocycles. The van der Waals surface area contributed by atoms with Crippen LogP contribution in [0.2, 0.25) is 0 Å². The summed E-state index contributed by atoms with van der Waals surface area (Å²) in [5.74, 6) is -2.53. The van der Waals surface area contributed by atoms with Crippen LogP contribution in [0.1, 0.15) is 38.1 Å². The van der Waals surface area contributed by atoms with Gasteiger partial charge in [0, 0.05) is 12.7 Å². The van der Waals surface area contributed by atoms with Gasteiger partial charge in [-0.3, -0.25) is 4.79 Å². The van der Waals surface area contributed by atoms with Crippen molar-refractivity contribution < 1.29 is 22.9 Å². The van der Waals surface area contributed by atoms with Crippen molar-refractivity contribution in [2.75, 3.05) is 11.9 Å². The minimum absolute atomic E-state index is 0.453. The minimum Gasteiger partial charge on any atom is -0.399 e. The van der Waals surface area contributed by atoms with E-state index in [2.05, 4.69) is 0 Å². The molecule has 4 nitrogen and oxygen atoms in total. The van der Waals surface area contributed by atoms with Gasteiger partial charge in [0.25, 0.3) is 5.91 Å². The van der Waals surface area contributed by atoms with E-state index in [0.29, 0.717) is 5.69 Å². The van der Waals surface area contributed by atoms with Gasteiger partial charge in [-0.1, -0.05) is 18.2 Å². The summed E-state index contributed by atoms with van der Waals surface area (Å²) in [7, 11) is 0.951. The lowest BCUT2D eigenvalue weighted by Gasteiger charge is -2.32. The summed E-state index contributed by atoms with van der Waals surface area (Å²) in [4.78, 5) is 13.7. The van der Waals surface area contributed by atoms with Crippen molar-refractivity contribution in [1.82, 2.24) is 0 Å². The molecule has 0 aromatic heterocycles. The molecule has 3 rings (SSSR count). The molecule has 2 aromatic rings. The highest BCUT2D eigenvalue weighted by molar-refractivity contribution is 6.62. The van der Waals surface area contributed by atoms with Crippen molar-refractivity contribution >= 4 is 24.2 Å². The summed E-state index contributed by atoms with van der Waals surface area (Å²) in [6.45, 7) is 7.88. The molecule has 7 heteroatoms. The van der Waals surface area contributed by atoms with Crippen LogP contribution in [0, 0.1) is 11.6 Å². The van der Waals surface area contributed by atoms with Crippen LogP contribution in [-0.4, -0.2) is 31.3 Å². The molecule has 0 unspecified atom stereocenters. The number of hydrogen-bond donors (Lipinski definition) is 0. The van der Waals surface area contributed by atoms with Gasteiger partial charge in [0.1, 0.15) is 17.2 Å². The van der Waals surface area contributed by atoms with Crippen molar-refractivity contribution in [2.45, 2.75) is 38.9 Å². The fraction of sp³-hybridized carbons (Fsp3) is 0.350. The van der Waals surface area contributed by atoms with E-state index in [-0.39, 0.29) is 0 Å². The van der Waals surface area contributed by atoms with Gasteiger partial charge in [0.15, 0.2) is 0 Å². The summed E-state index contributed by atoms with van der Waals surface area (Å²) in [5, 5.41) is 0. The Hall–Kier alpha value is -2.25. The first-order valence-corrected chi connectivity index (χ1v) is 8.71. The Kier molecular flexibility index (Phi) is 4.86. The maximum absolute atomic E-state index is 13.9. The van der Waals surface area contributed by atoms with Crippen LogP contribution in [0.15, 0.2) is 42.5 Å². The Morgan fingerprint density at radius 1 is 0.926 bits per heavy atom. The van der Waals surface area contributed by atoms with Gasteiger partial charge in [0.2, 0.25) is 0 Å². The molecule has 1 saturated heterocycles. The summed E-state index contributed by atoms with van der Waals surface area (Å²) in [6.07, 6.45) is 0. The molecule has 1 aliphatic heterocycles. The molecule has 1 amide bonds. The fourth-order valence-electron chi connectivity index (χ4n) is 2.82. The Morgan fingerprint density at radius 2 is 1.41 bits per heavy atom. The first kappa shape index (κ1) is 19.5. The molecule has 0 spiro atoms. The molecular formula is C20H22BF2NO3. The molecule has 0 atom stereocenters. The van der Waals surface area contributed by atoms with Gasteiger partial charge in [-0.2, -0.15) is 0 Å². The Balaban J connectivity index is 1.81. The van der Waals surface area contributed by atoms with E-state index in [9.17, 15) is 13.6 Å². The van der Waals surface area contributed by atoms with Gasteiger partial charge in [0.05, 0.1) is 11.2 Å². The molecule has 0 saturated carbocycles. The topological polar surface area (TPSA) is 38.8 Å². The van der Waals surface area contributed by atoms with Crippen molar-refractivity contribution in [3.05, 3.63) is 59.7 Å². The van der Waals surface area contributed by atoms with Crippen molar-refractivity contribution in [2.24, 2.45) is 0 Å². The average Bonchev–Trinajstić information content (AvgIpc) is 2.82. The molecule has 27 heavy (non-hydrogen) atoms. The molecule has 0 N–H and O–H groups in total. The number of amides is 1. The van der Waals surface area contributed by atoms with Gasteiger partial charge in [-0.05, 0) is 57.4 Å². The number of nitrogens with zero attached hydrogens (tertiary/aromatic N) is 1. The van der Waals surface area contributed by atoms with Crippen LogP contribution >= 0.6 is 0 Å². The second-order valence-corrected chi connectivity index (χ2v) is 7.64. The van der Waals surface area contributed by atoms with E-state index in [1.165, 1.54) is 18.0 Å². The molecule has 0 bridgehead atoms. The van der Waals surface area contributed by atoms with Gasteiger partial charge < -0.3 is 14.2 Å². The number of benzene rings is 2. The van der Waals surface area contributed by atoms with E-state index >= 15 is 0 Å². The van der Waals surface area contributed by atoms with Crippen molar-refractivity contribution in [1.29, 1.82) is 0 Å². The van der Waals surface area contributed by atoms with E-state index in [0.717, 1.165) is 17.6 Å². The third-order valence-corrected chi connectivity index (χ3v) is 5.29. The van der Waals surface area contributed by atoms with Crippen LogP contribution in [0.4, 0.5) is 14.5 Å². The largest absolute Gasteiger partial charge is 0.494 e. The Labute approximate surface area is 158 Å². The van der Waals surface area contributed by atoms with E-state index in [4.69, 9.17) is 9.31 Å². The van der Waals surface area contributed by atoms with E-state index < -0.39 is 41.4 Å². The Morgan fingerprint density at radius 3 is 1.89 bits per heavy atom. The predicted octanol–water partition coefficient (Wildman–Crippen LogP) is 3.54. The van der Waals surface area contributed by atoms with Crippen LogP contribution in [0.25, 0.3) is 0 Å². The second-order valence-electron chi connectivity index (χ2n) is 7.64. The normalized spacial score (nSPS) is 17.8. The van der Waals surface area contributed by atoms with Gasteiger partial charge in [-0.15, -0.1) is 0 Å². The third kappa shape index (κ3) is 3.49. The molecule has 0 aliphatic carbocycles. The summed E-state index contributed by atoms with van der Waals surface area (Å²) in [6, 6.07) is 10.3. The molecular weight excluding hydrogens is 351 g/mol. The number of carbonyl (C=O) groups is 1. The lowest BCUT2D eigenvalue weighted by molar-refractivity contribution is 0.00578. The molecule has 142 valence electrons. The average molecular weight is 373 g/mol. The highest BCUT2D eigenvalue weighted by atomic mass is 19.1. The zero-order valence-electron chi connectivity index (χ0n) is 16.0. The van der Waals surface area contributed by atoms with Crippen LogP contribution in [0.3, 0.4) is 0 Å². The maximum Gasteiger partial charge on any atom is 0.494 e. The van der Waals surface area contributed by atoms with Crippen LogP contribution < -0.4 is 10.4 Å². The number of halogens is 2. The Bertz CT molecular complexity index is 832. The first-order valence-electron chi connectivity index (χ1n) is 8.71. The lowest BCUT2D eigenvalue weighted by Crippen LogP contribution is -2.41. The van der Waals surface area contributed by atoms with E-state index in [1.54, 1.807) is 24.3 Å². The minimum atomic E-state index is -0.888. The predicted molar refractivity (Wildman–Crippen MR) is 101 cm³/mol. The van der Waals surface area contributed by atoms with E-state index in [1.807, 2.05) is 27.7 Å². The lowest BCUT2D eigenvalue weighted by atomic mass is 9.79. The first-order chi connectivity index (χ1) is 12.5. The van der Waals surface area contributed by atoms with Crippen LogP contribution in [-0.2, 0) is 9.31 Å². The highest BCUT2D eigenvalue weighted by Gasteiger charge is 2.51. The summed E-state index contributed by atoms with van der Waals surface area (Å²) >= 11 is 0. The summed E-state index contributed by atoms with van der Waals surface area (Å²) in [5.41, 5.74) is -0.176. The number of rotatable bonds is 3. The maximum atomic E-state index is 13.9. The van der Waals surface area contributed by atoms with Crippen molar-refractivity contribution in [3.63, 3.8) is 0 Å². The monoisotopic (exact) mass is 373 g/mol. The number of hydrogen-bond acceptors (Lipinski definition) is 3. The zero-order chi connectivity index (χ0) is 20.0. The molecule has 2 aromatic carbocycles. The van der Waals surface area contributed by atoms with Crippen LogP contribution in [0.5, 0.6) is 0 Å². The number of anilines is 1. The van der Waals surface area contributed by atoms with Crippen molar-refractivity contribution in [3.8, 4) is 0 Å². The SMILES string of the molecule is CN(C(=O)c1c(F)cccc1F)c1ccc(B2OC(C)(C)C(C)(C)O2)cc1. The fourth-order valence-corrected chi connectivity index (χ4v) is 2.82. The third-order valence-electron chi connectivity index (χ3n) is 5.29. The number of carbonyl (C=O) groups excluding carboxylic acids is 1. The molecule has 1 aliphatic rings. The van der Waals surface area contributed by atoms with Gasteiger partial charge >= 0.3 is 7.12 Å². The summed E-state index contributed by atoms with van der Waals surface area (Å²) < 4.78 is 39.7. The zero-order valence-corrected chi connectivity index (χ0v) is 16.0. The standard InChI is InChI=1S/C20H22BF2NO3/c1-19(2)20(3,4)27-21(26-19)13-9-11-14(12-10-13)24(5)18(25)17-15(22)7-6-8-16(17)23/h6-12H,1-5H3.